The van der Waals surface area contributed by atoms with E-state index in [2.05, 4.69) is 4.98 Å². The normalized spacial score (nSPS) is 10.7. The fraction of sp³-hybridized carbons (Fsp3) is 0.0588. The zero-order valence-corrected chi connectivity index (χ0v) is 12.6. The number of hydrogen-bond acceptors (Lipinski definition) is 4. The Morgan fingerprint density at radius 2 is 1.83 bits per heavy atom. The van der Waals surface area contributed by atoms with Gasteiger partial charge in [0.2, 0.25) is 0 Å². The molecule has 1 heterocycles. The van der Waals surface area contributed by atoms with Crippen LogP contribution in [0.4, 0.5) is 5.69 Å². The van der Waals surface area contributed by atoms with Gasteiger partial charge in [-0.3, -0.25) is 14.9 Å². The SMILES string of the molecule is Cc1c(C(=O)O)[nH]c2c([N+](=O)[O-])cc(-c3ccccc3)cc2c1=O. The number of nitro groups is 1. The van der Waals surface area contributed by atoms with Crippen molar-refractivity contribution < 1.29 is 14.8 Å². The van der Waals surface area contributed by atoms with Gasteiger partial charge >= 0.3 is 5.97 Å². The molecule has 120 valence electrons. The van der Waals surface area contributed by atoms with Crippen molar-refractivity contribution in [3.05, 3.63) is 74.1 Å². The Hall–Kier alpha value is -3.48. The van der Waals surface area contributed by atoms with E-state index in [9.17, 15) is 24.8 Å². The first kappa shape index (κ1) is 15.4. The van der Waals surface area contributed by atoms with E-state index in [0.717, 1.165) is 5.56 Å². The lowest BCUT2D eigenvalue weighted by molar-refractivity contribution is -0.383. The molecule has 0 unspecified atom stereocenters. The Bertz CT molecular complexity index is 1040. The highest BCUT2D eigenvalue weighted by Crippen LogP contribution is 2.30. The number of aromatic nitrogens is 1. The lowest BCUT2D eigenvalue weighted by Crippen LogP contribution is -2.16. The van der Waals surface area contributed by atoms with Gasteiger partial charge in [-0.15, -0.1) is 0 Å². The number of non-ortho nitro benzene ring substituents is 1. The minimum Gasteiger partial charge on any atom is -0.477 e. The van der Waals surface area contributed by atoms with Gasteiger partial charge in [-0.1, -0.05) is 30.3 Å². The Labute approximate surface area is 135 Å². The van der Waals surface area contributed by atoms with Crippen molar-refractivity contribution in [1.82, 2.24) is 4.98 Å². The summed E-state index contributed by atoms with van der Waals surface area (Å²) in [6.07, 6.45) is 0. The fourth-order valence-corrected chi connectivity index (χ4v) is 2.63. The number of hydrogen-bond donors (Lipinski definition) is 2. The van der Waals surface area contributed by atoms with E-state index in [4.69, 9.17) is 0 Å². The maximum atomic E-state index is 12.5. The van der Waals surface area contributed by atoms with Gasteiger partial charge in [0.25, 0.3) is 5.69 Å². The molecule has 2 N–H and O–H groups in total. The highest BCUT2D eigenvalue weighted by Gasteiger charge is 2.21. The third-order valence-corrected chi connectivity index (χ3v) is 3.85. The van der Waals surface area contributed by atoms with E-state index in [-0.39, 0.29) is 27.8 Å². The van der Waals surface area contributed by atoms with Gasteiger partial charge in [0.1, 0.15) is 11.2 Å². The molecular weight excluding hydrogens is 312 g/mol. The number of fused-ring (bicyclic) bond motifs is 1. The highest BCUT2D eigenvalue weighted by atomic mass is 16.6. The number of pyridine rings is 1. The number of carboxylic acids is 1. The molecule has 2 aromatic carbocycles. The summed E-state index contributed by atoms with van der Waals surface area (Å²) in [6.45, 7) is 1.38. The average molecular weight is 324 g/mol. The van der Waals surface area contributed by atoms with E-state index >= 15 is 0 Å². The van der Waals surface area contributed by atoms with Crippen LogP contribution in [0.1, 0.15) is 16.1 Å². The Balaban J connectivity index is 2.45. The van der Waals surface area contributed by atoms with Crippen LogP contribution in [0.3, 0.4) is 0 Å². The van der Waals surface area contributed by atoms with Crippen LogP contribution in [0, 0.1) is 17.0 Å². The summed E-state index contributed by atoms with van der Waals surface area (Å²) in [7, 11) is 0. The Morgan fingerprint density at radius 1 is 1.17 bits per heavy atom. The van der Waals surface area contributed by atoms with Crippen LogP contribution in [0.15, 0.2) is 47.3 Å². The second-order valence-corrected chi connectivity index (χ2v) is 5.30. The van der Waals surface area contributed by atoms with E-state index in [0.29, 0.717) is 5.56 Å². The number of nitro benzene ring substituents is 1. The summed E-state index contributed by atoms with van der Waals surface area (Å²) >= 11 is 0. The molecule has 0 amide bonds. The molecule has 24 heavy (non-hydrogen) atoms. The molecule has 3 aromatic rings. The van der Waals surface area contributed by atoms with Gasteiger partial charge in [0.05, 0.1) is 10.3 Å². The standard InChI is InChI=1S/C17H12N2O5/c1-9-14(17(21)22)18-15-12(16(9)20)7-11(8-13(15)19(23)24)10-5-3-2-4-6-10/h2-8H,1H3,(H,18,20)(H,21,22). The summed E-state index contributed by atoms with van der Waals surface area (Å²) in [4.78, 5) is 37.1. The third kappa shape index (κ3) is 2.41. The van der Waals surface area contributed by atoms with Crippen LogP contribution in [0.5, 0.6) is 0 Å². The van der Waals surface area contributed by atoms with Gasteiger partial charge < -0.3 is 10.1 Å². The van der Waals surface area contributed by atoms with Crippen molar-refractivity contribution in [1.29, 1.82) is 0 Å². The van der Waals surface area contributed by atoms with Gasteiger partial charge in [-0.05, 0) is 24.1 Å². The molecule has 0 bridgehead atoms. The largest absolute Gasteiger partial charge is 0.477 e. The molecule has 0 aliphatic carbocycles. The summed E-state index contributed by atoms with van der Waals surface area (Å²) in [5.74, 6) is -1.34. The number of rotatable bonds is 3. The first-order valence-corrected chi connectivity index (χ1v) is 7.04. The van der Waals surface area contributed by atoms with Crippen LogP contribution < -0.4 is 5.43 Å². The number of aromatic amines is 1. The number of carbonyl (C=O) groups is 1. The van der Waals surface area contributed by atoms with Crippen molar-refractivity contribution in [2.45, 2.75) is 6.92 Å². The first-order valence-electron chi connectivity index (χ1n) is 7.04. The lowest BCUT2D eigenvalue weighted by atomic mass is 10.0. The first-order chi connectivity index (χ1) is 11.4. The monoisotopic (exact) mass is 324 g/mol. The van der Waals surface area contributed by atoms with Crippen LogP contribution in [0.25, 0.3) is 22.0 Å². The van der Waals surface area contributed by atoms with E-state index in [1.807, 2.05) is 6.07 Å². The van der Waals surface area contributed by atoms with Gasteiger partial charge in [-0.25, -0.2) is 4.79 Å². The predicted octanol–water partition coefficient (Wildman–Crippen LogP) is 3.11. The molecule has 7 nitrogen and oxygen atoms in total. The summed E-state index contributed by atoms with van der Waals surface area (Å²) in [5, 5.41) is 20.7. The molecule has 0 aliphatic heterocycles. The van der Waals surface area contributed by atoms with Gasteiger partial charge in [0, 0.05) is 11.6 Å². The fourth-order valence-electron chi connectivity index (χ4n) is 2.63. The molecule has 1 aromatic heterocycles. The van der Waals surface area contributed by atoms with Crippen molar-refractivity contribution >= 4 is 22.6 Å². The molecule has 0 atom stereocenters. The van der Waals surface area contributed by atoms with Gasteiger partial charge in [0.15, 0.2) is 5.43 Å². The van der Waals surface area contributed by atoms with Crippen LogP contribution >= 0.6 is 0 Å². The van der Waals surface area contributed by atoms with Crippen molar-refractivity contribution in [3.8, 4) is 11.1 Å². The molecule has 3 rings (SSSR count). The second-order valence-electron chi connectivity index (χ2n) is 5.30. The van der Waals surface area contributed by atoms with E-state index < -0.39 is 16.3 Å². The zero-order chi connectivity index (χ0) is 17.4. The molecule has 0 saturated carbocycles. The van der Waals surface area contributed by atoms with Crippen LogP contribution in [-0.4, -0.2) is 21.0 Å². The number of H-pyrrole nitrogens is 1. The molecule has 0 radical (unpaired) electrons. The number of carboxylic acid groups (broad SMARTS) is 1. The topological polar surface area (TPSA) is 113 Å². The minimum atomic E-state index is -1.34. The molecule has 0 spiro atoms. The highest BCUT2D eigenvalue weighted by molar-refractivity contribution is 5.96. The van der Waals surface area contributed by atoms with Crippen molar-refractivity contribution in [2.75, 3.05) is 0 Å². The number of nitrogens with zero attached hydrogens (tertiary/aromatic N) is 1. The van der Waals surface area contributed by atoms with Gasteiger partial charge in [-0.2, -0.15) is 0 Å². The van der Waals surface area contributed by atoms with Crippen LogP contribution in [0.2, 0.25) is 0 Å². The number of nitrogens with one attached hydrogen (secondary N) is 1. The van der Waals surface area contributed by atoms with Crippen molar-refractivity contribution in [3.63, 3.8) is 0 Å². The molecular formula is C17H12N2O5. The third-order valence-electron chi connectivity index (χ3n) is 3.85. The maximum Gasteiger partial charge on any atom is 0.352 e. The zero-order valence-electron chi connectivity index (χ0n) is 12.6. The summed E-state index contributed by atoms with van der Waals surface area (Å²) in [6, 6.07) is 11.8. The quantitative estimate of drug-likeness (QED) is 0.567. The van der Waals surface area contributed by atoms with E-state index in [1.54, 1.807) is 24.3 Å². The van der Waals surface area contributed by atoms with Crippen molar-refractivity contribution in [2.24, 2.45) is 0 Å². The van der Waals surface area contributed by atoms with E-state index in [1.165, 1.54) is 19.1 Å². The Kier molecular flexibility index (Phi) is 3.61. The molecule has 7 heteroatoms. The smallest absolute Gasteiger partial charge is 0.352 e. The summed E-state index contributed by atoms with van der Waals surface area (Å²) in [5.41, 5.74) is -0.0668. The average Bonchev–Trinajstić information content (AvgIpc) is 2.57. The number of aromatic carboxylic acids is 1. The number of benzene rings is 2. The van der Waals surface area contributed by atoms with Crippen LogP contribution in [-0.2, 0) is 0 Å². The Morgan fingerprint density at radius 3 is 2.42 bits per heavy atom. The minimum absolute atomic E-state index is 0.00881. The lowest BCUT2D eigenvalue weighted by Gasteiger charge is -2.08. The molecule has 0 aliphatic rings. The summed E-state index contributed by atoms with van der Waals surface area (Å²) < 4.78 is 0. The predicted molar refractivity (Wildman–Crippen MR) is 88.4 cm³/mol. The molecule has 0 fully saturated rings. The maximum absolute atomic E-state index is 12.5. The second kappa shape index (κ2) is 5.62. The molecule has 0 saturated heterocycles.